The quantitative estimate of drug-likeness (QED) is 0.730. The predicted octanol–water partition coefficient (Wildman–Crippen LogP) is 2.43. The first-order chi connectivity index (χ1) is 6.34. The molecule has 1 aliphatic rings. The molecule has 0 aromatic heterocycles. The van der Waals surface area contributed by atoms with Gasteiger partial charge in [-0.15, -0.1) is 0 Å². The average molecular weight is 183 g/mol. The molecular weight excluding hydrogens is 162 g/mol. The zero-order valence-corrected chi connectivity index (χ0v) is 8.81. The summed E-state index contributed by atoms with van der Waals surface area (Å²) >= 11 is 0. The predicted molar refractivity (Wildman–Crippen MR) is 56.6 cm³/mol. The Morgan fingerprint density at radius 1 is 1.46 bits per heavy atom. The third-order valence-electron chi connectivity index (χ3n) is 2.02. The highest BCUT2D eigenvalue weighted by Crippen LogP contribution is 2.18. The van der Waals surface area contributed by atoms with Crippen molar-refractivity contribution in [1.29, 1.82) is 0 Å². The Morgan fingerprint density at radius 3 is 2.62 bits per heavy atom. The summed E-state index contributed by atoms with van der Waals surface area (Å²) < 4.78 is 0. The van der Waals surface area contributed by atoms with Crippen LogP contribution in [0.5, 0.6) is 0 Å². The number of nitrogens with two attached hydrogens (primary N) is 1. The van der Waals surface area contributed by atoms with Crippen LogP contribution in [0.15, 0.2) is 11.6 Å². The Bertz CT molecular complexity index is 173. The number of ketones is 1. The third kappa shape index (κ3) is 4.83. The van der Waals surface area contributed by atoms with Gasteiger partial charge in [0.25, 0.3) is 0 Å². The minimum Gasteiger partial charge on any atom is -0.330 e. The second-order valence-corrected chi connectivity index (χ2v) is 2.94. The number of hydrogen-bond acceptors (Lipinski definition) is 2. The lowest BCUT2D eigenvalue weighted by Crippen LogP contribution is -2.11. The van der Waals surface area contributed by atoms with Gasteiger partial charge in [0, 0.05) is 6.42 Å². The van der Waals surface area contributed by atoms with Crippen molar-refractivity contribution in [3.05, 3.63) is 11.6 Å². The smallest absolute Gasteiger partial charge is 0.159 e. The Balaban J connectivity index is 0.000000671. The van der Waals surface area contributed by atoms with Crippen LogP contribution in [-0.2, 0) is 4.79 Å². The molecule has 0 saturated heterocycles. The number of Topliss-reactive ketones (excluding diaryl/α,β-unsaturated/α-hetero) is 1. The Morgan fingerprint density at radius 2 is 2.15 bits per heavy atom. The van der Waals surface area contributed by atoms with E-state index in [9.17, 15) is 4.79 Å². The van der Waals surface area contributed by atoms with Crippen LogP contribution in [0.3, 0.4) is 0 Å². The fourth-order valence-corrected chi connectivity index (χ4v) is 1.38. The molecule has 2 heteroatoms. The Hall–Kier alpha value is -0.630. The molecule has 0 atom stereocenters. The van der Waals surface area contributed by atoms with Crippen LogP contribution in [0.1, 0.15) is 46.0 Å². The first kappa shape index (κ1) is 12.4. The van der Waals surface area contributed by atoms with Crippen LogP contribution in [0.25, 0.3) is 0 Å². The molecule has 0 unspecified atom stereocenters. The van der Waals surface area contributed by atoms with E-state index in [1.54, 1.807) is 0 Å². The van der Waals surface area contributed by atoms with E-state index in [2.05, 4.69) is 6.08 Å². The van der Waals surface area contributed by atoms with Gasteiger partial charge < -0.3 is 5.73 Å². The maximum absolute atomic E-state index is 11.2. The minimum atomic E-state index is 0.257. The van der Waals surface area contributed by atoms with Crippen LogP contribution in [0.4, 0.5) is 0 Å². The minimum absolute atomic E-state index is 0.257. The fraction of sp³-hybridized carbons (Fsp3) is 0.727. The third-order valence-corrected chi connectivity index (χ3v) is 2.02. The normalized spacial score (nSPS) is 15.5. The van der Waals surface area contributed by atoms with Crippen LogP contribution >= 0.6 is 0 Å². The molecule has 1 rings (SSSR count). The molecule has 0 aliphatic heterocycles. The summed E-state index contributed by atoms with van der Waals surface area (Å²) in [6.45, 7) is 4.48. The summed E-state index contributed by atoms with van der Waals surface area (Å²) in [4.78, 5) is 11.2. The van der Waals surface area contributed by atoms with Gasteiger partial charge in [0.2, 0.25) is 0 Å². The van der Waals surface area contributed by atoms with Gasteiger partial charge in [0.05, 0.1) is 0 Å². The molecule has 0 heterocycles. The van der Waals surface area contributed by atoms with Crippen LogP contribution in [0, 0.1) is 0 Å². The molecule has 0 fully saturated rings. The molecule has 0 aromatic rings. The van der Waals surface area contributed by atoms with Crippen molar-refractivity contribution < 1.29 is 4.79 Å². The standard InChI is InChI=1S/C9H15NO.C2H6/c10-7-6-9(11)8-4-2-1-3-5-8;1-2/h4H,1-3,5-7,10H2;1-2H3. The maximum Gasteiger partial charge on any atom is 0.159 e. The molecule has 0 amide bonds. The summed E-state index contributed by atoms with van der Waals surface area (Å²) in [7, 11) is 0. The second kappa shape index (κ2) is 7.99. The number of hydrogen-bond donors (Lipinski definition) is 1. The van der Waals surface area contributed by atoms with Crippen molar-refractivity contribution in [2.75, 3.05) is 6.54 Å². The first-order valence-electron chi connectivity index (χ1n) is 5.27. The van der Waals surface area contributed by atoms with Gasteiger partial charge in [-0.25, -0.2) is 0 Å². The number of allylic oxidation sites excluding steroid dienone is 2. The van der Waals surface area contributed by atoms with Crippen LogP contribution in [-0.4, -0.2) is 12.3 Å². The van der Waals surface area contributed by atoms with Crippen molar-refractivity contribution in [3.8, 4) is 0 Å². The molecule has 2 N–H and O–H groups in total. The van der Waals surface area contributed by atoms with Crippen LogP contribution < -0.4 is 5.73 Å². The highest BCUT2D eigenvalue weighted by molar-refractivity contribution is 5.95. The van der Waals surface area contributed by atoms with Crippen molar-refractivity contribution in [2.24, 2.45) is 5.73 Å². The van der Waals surface area contributed by atoms with E-state index >= 15 is 0 Å². The van der Waals surface area contributed by atoms with E-state index in [0.29, 0.717) is 13.0 Å². The highest BCUT2D eigenvalue weighted by Gasteiger charge is 2.10. The second-order valence-electron chi connectivity index (χ2n) is 2.94. The number of carbonyl (C=O) groups excluding carboxylic acids is 1. The topological polar surface area (TPSA) is 43.1 Å². The summed E-state index contributed by atoms with van der Waals surface area (Å²) in [5, 5.41) is 0. The van der Waals surface area contributed by atoms with E-state index in [4.69, 9.17) is 5.73 Å². The lowest BCUT2D eigenvalue weighted by Gasteiger charge is -2.10. The number of rotatable bonds is 3. The lowest BCUT2D eigenvalue weighted by molar-refractivity contribution is -0.115. The van der Waals surface area contributed by atoms with Crippen molar-refractivity contribution in [2.45, 2.75) is 46.0 Å². The summed E-state index contributed by atoms with van der Waals surface area (Å²) in [6.07, 6.45) is 7.04. The van der Waals surface area contributed by atoms with Crippen molar-refractivity contribution in [3.63, 3.8) is 0 Å². The largest absolute Gasteiger partial charge is 0.330 e. The lowest BCUT2D eigenvalue weighted by atomic mass is 9.95. The summed E-state index contributed by atoms with van der Waals surface area (Å²) in [5.41, 5.74) is 6.30. The van der Waals surface area contributed by atoms with Crippen LogP contribution in [0.2, 0.25) is 0 Å². The van der Waals surface area contributed by atoms with E-state index < -0.39 is 0 Å². The molecule has 76 valence electrons. The van der Waals surface area contributed by atoms with E-state index in [1.165, 1.54) is 12.8 Å². The molecule has 0 spiro atoms. The number of carbonyl (C=O) groups is 1. The molecular formula is C11H21NO. The first-order valence-corrected chi connectivity index (χ1v) is 5.27. The summed E-state index contributed by atoms with van der Waals surface area (Å²) in [5.74, 6) is 0.257. The molecule has 0 aromatic carbocycles. The van der Waals surface area contributed by atoms with Gasteiger partial charge in [-0.2, -0.15) is 0 Å². The maximum atomic E-state index is 11.2. The van der Waals surface area contributed by atoms with Gasteiger partial charge >= 0.3 is 0 Å². The van der Waals surface area contributed by atoms with Gasteiger partial charge in [-0.3, -0.25) is 4.79 Å². The Kier molecular flexibility index (Phi) is 7.60. The molecule has 1 aliphatic carbocycles. The van der Waals surface area contributed by atoms with Crippen molar-refractivity contribution in [1.82, 2.24) is 0 Å². The van der Waals surface area contributed by atoms with Gasteiger partial charge in [0.1, 0.15) is 0 Å². The molecule has 2 nitrogen and oxygen atoms in total. The summed E-state index contributed by atoms with van der Waals surface area (Å²) in [6, 6.07) is 0. The molecule has 0 radical (unpaired) electrons. The SMILES string of the molecule is CC.NCCC(=O)C1=CCCCC1. The average Bonchev–Trinajstić information content (AvgIpc) is 2.23. The fourth-order valence-electron chi connectivity index (χ4n) is 1.38. The monoisotopic (exact) mass is 183 g/mol. The van der Waals surface area contributed by atoms with Gasteiger partial charge in [-0.05, 0) is 37.8 Å². The zero-order valence-electron chi connectivity index (χ0n) is 8.81. The van der Waals surface area contributed by atoms with Gasteiger partial charge in [-0.1, -0.05) is 19.9 Å². The van der Waals surface area contributed by atoms with E-state index in [1.807, 2.05) is 13.8 Å². The van der Waals surface area contributed by atoms with E-state index in [-0.39, 0.29) is 5.78 Å². The zero-order chi connectivity index (χ0) is 10.1. The highest BCUT2D eigenvalue weighted by atomic mass is 16.1. The van der Waals surface area contributed by atoms with Gasteiger partial charge in [0.15, 0.2) is 5.78 Å². The van der Waals surface area contributed by atoms with Crippen molar-refractivity contribution >= 4 is 5.78 Å². The van der Waals surface area contributed by atoms with E-state index in [0.717, 1.165) is 18.4 Å². The molecule has 0 saturated carbocycles. The Labute approximate surface area is 81.2 Å². The molecule has 13 heavy (non-hydrogen) atoms. The molecule has 0 bridgehead atoms.